The smallest absolute Gasteiger partial charge is 0.336 e. The number of aliphatic hydroxyl groups excluding tert-OH is 1. The van der Waals surface area contributed by atoms with Crippen molar-refractivity contribution in [3.8, 4) is 22.5 Å². The van der Waals surface area contributed by atoms with Crippen molar-refractivity contribution in [1.29, 1.82) is 0 Å². The Bertz CT molecular complexity index is 1760. The molecule has 0 spiro atoms. The Balaban J connectivity index is 2.34. The molecule has 1 heterocycles. The fourth-order valence-electron chi connectivity index (χ4n) is 4.35. The average molecular weight is 662 g/mol. The third-order valence-corrected chi connectivity index (χ3v) is 8.31. The Labute approximate surface area is 224 Å². The molecular formula is C22H19IN2O10S2. The number of carboxylic acids is 1. The second-order valence-corrected chi connectivity index (χ2v) is 11.4. The summed E-state index contributed by atoms with van der Waals surface area (Å²) in [7, 11) is -10.0. The van der Waals surface area contributed by atoms with Gasteiger partial charge in [0.1, 0.15) is 0 Å². The van der Waals surface area contributed by atoms with Crippen LogP contribution in [0.1, 0.15) is 46.7 Å². The summed E-state index contributed by atoms with van der Waals surface area (Å²) in [6, 6.07) is 6.67. The van der Waals surface area contributed by atoms with E-state index in [0.717, 1.165) is 0 Å². The number of hydrogen-bond donors (Lipinski definition) is 5. The molecule has 1 aromatic rings. The number of aromatic carboxylic acids is 1. The molecule has 0 bridgehead atoms. The second kappa shape index (κ2) is 9.48. The average Bonchev–Trinajstić information content (AvgIpc) is 2.79. The van der Waals surface area contributed by atoms with E-state index in [1.807, 2.05) is 0 Å². The lowest BCUT2D eigenvalue weighted by Gasteiger charge is -2.26. The number of carboxylic acid groups (broad SMARTS) is 1. The third kappa shape index (κ3) is 4.77. The lowest BCUT2D eigenvalue weighted by atomic mass is 9.84. The number of nitrogens with zero attached hydrogens (tertiary/aromatic N) is 1. The van der Waals surface area contributed by atoms with Crippen molar-refractivity contribution in [1.82, 2.24) is 0 Å². The quantitative estimate of drug-likeness (QED) is 0.198. The minimum atomic E-state index is -5.02. The highest BCUT2D eigenvalue weighted by molar-refractivity contribution is 14.1. The molecule has 6 N–H and O–H groups in total. The molecule has 196 valence electrons. The second-order valence-electron chi connectivity index (χ2n) is 8.25. The van der Waals surface area contributed by atoms with Crippen molar-refractivity contribution in [2.24, 2.45) is 8.94 Å². The monoisotopic (exact) mass is 662 g/mol. The van der Waals surface area contributed by atoms with Crippen molar-refractivity contribution in [2.75, 3.05) is 0 Å². The predicted molar refractivity (Wildman–Crippen MR) is 139 cm³/mol. The number of benzene rings is 2. The molecule has 4 rings (SSSR count). The van der Waals surface area contributed by atoms with Crippen LogP contribution in [0.25, 0.3) is 27.4 Å². The largest absolute Gasteiger partial charge is 0.478 e. The number of hydrogen-bond acceptors (Lipinski definition) is 9. The van der Waals surface area contributed by atoms with Crippen LogP contribution in [0.4, 0.5) is 0 Å². The summed E-state index contributed by atoms with van der Waals surface area (Å²) in [5.41, 5.74) is 5.92. The highest BCUT2D eigenvalue weighted by Crippen LogP contribution is 2.47. The molecule has 12 nitrogen and oxygen atoms in total. The first-order chi connectivity index (χ1) is 17.2. The maximum atomic E-state index is 12.4. The highest BCUT2D eigenvalue weighted by Gasteiger charge is 2.37. The van der Waals surface area contributed by atoms with Crippen molar-refractivity contribution in [3.63, 3.8) is 0 Å². The standard InChI is InChI=1S/C22H19IN2O10S2/c1-9(26)10-2-3-11(22(27)28)14(8-10)17-12-4-6-15(24)20(36(29,30)31)18(12)35-19-13(17)5-7-16(25-23)21(19)37(32,33)34/h2-3,5,7-9,26H,4,6,24H2,1H3,(H,27,28)(H,29,30,31)(H,32,33,34)/b25-16+. The Hall–Kier alpha value is -2.83. The maximum absolute atomic E-state index is 12.4. The van der Waals surface area contributed by atoms with E-state index in [1.165, 1.54) is 60.1 Å². The van der Waals surface area contributed by atoms with E-state index in [0.29, 0.717) is 5.56 Å². The first kappa shape index (κ1) is 27.2. The summed E-state index contributed by atoms with van der Waals surface area (Å²) in [5, 5.41) is 19.8. The summed E-state index contributed by atoms with van der Waals surface area (Å²) in [6.45, 7) is 1.46. The molecule has 0 amide bonds. The fourth-order valence-corrected chi connectivity index (χ4v) is 6.51. The van der Waals surface area contributed by atoms with Gasteiger partial charge in [-0.1, -0.05) is 6.07 Å². The molecule has 15 heteroatoms. The molecule has 0 aromatic heterocycles. The van der Waals surface area contributed by atoms with Crippen molar-refractivity contribution in [2.45, 2.75) is 30.8 Å². The van der Waals surface area contributed by atoms with Gasteiger partial charge in [0.05, 0.1) is 39.9 Å². The minimum absolute atomic E-state index is 0.00979. The first-order valence-corrected chi connectivity index (χ1v) is 14.3. The van der Waals surface area contributed by atoms with Crippen LogP contribution in [0.3, 0.4) is 0 Å². The first-order valence-electron chi connectivity index (χ1n) is 10.4. The van der Waals surface area contributed by atoms with Crippen LogP contribution in [-0.4, -0.2) is 42.1 Å². The molecule has 37 heavy (non-hydrogen) atoms. The zero-order chi connectivity index (χ0) is 27.4. The molecule has 0 saturated carbocycles. The zero-order valence-corrected chi connectivity index (χ0v) is 22.6. The van der Waals surface area contributed by atoms with Gasteiger partial charge in [0.25, 0.3) is 20.2 Å². The van der Waals surface area contributed by atoms with Crippen LogP contribution in [0.5, 0.6) is 0 Å². The normalized spacial score (nSPS) is 15.6. The molecule has 1 aromatic carbocycles. The van der Waals surface area contributed by atoms with E-state index in [-0.39, 0.29) is 51.7 Å². The molecule has 0 radical (unpaired) electrons. The van der Waals surface area contributed by atoms with E-state index in [1.54, 1.807) is 0 Å². The molecule has 3 aliphatic rings. The third-order valence-electron chi connectivity index (χ3n) is 5.92. The topological polar surface area (TPSA) is 218 Å². The van der Waals surface area contributed by atoms with E-state index < -0.39 is 53.6 Å². The van der Waals surface area contributed by atoms with Crippen molar-refractivity contribution < 1.29 is 45.4 Å². The zero-order valence-electron chi connectivity index (χ0n) is 18.8. The van der Waals surface area contributed by atoms with Gasteiger partial charge in [0.15, 0.2) is 21.3 Å². The van der Waals surface area contributed by atoms with Gasteiger partial charge in [-0.3, -0.25) is 9.11 Å². The summed E-state index contributed by atoms with van der Waals surface area (Å²) < 4.78 is 79.0. The fraction of sp³-hybridized carbons (Fsp3) is 0.182. The van der Waals surface area contributed by atoms with Gasteiger partial charge in [0.2, 0.25) is 0 Å². The number of fused-ring (bicyclic) bond motifs is 2. The van der Waals surface area contributed by atoms with Crippen LogP contribution in [0.15, 0.2) is 48.5 Å². The van der Waals surface area contributed by atoms with E-state index >= 15 is 0 Å². The van der Waals surface area contributed by atoms with E-state index in [4.69, 9.17) is 10.2 Å². The van der Waals surface area contributed by atoms with Crippen LogP contribution in [0.2, 0.25) is 0 Å². The summed E-state index contributed by atoms with van der Waals surface area (Å²) in [4.78, 5) is 10.6. The van der Waals surface area contributed by atoms with Gasteiger partial charge >= 0.3 is 5.97 Å². The lowest BCUT2D eigenvalue weighted by molar-refractivity contribution is 0.0697. The number of aliphatic hydroxyl groups is 1. The summed E-state index contributed by atoms with van der Waals surface area (Å²) in [5.74, 6) is -2.41. The maximum Gasteiger partial charge on any atom is 0.336 e. The number of allylic oxidation sites excluding steroid dienone is 1. The Morgan fingerprint density at radius 1 is 1.05 bits per heavy atom. The van der Waals surface area contributed by atoms with E-state index in [9.17, 15) is 40.9 Å². The molecule has 1 atom stereocenters. The van der Waals surface area contributed by atoms with Gasteiger partial charge in [-0.15, -0.1) is 0 Å². The van der Waals surface area contributed by atoms with Gasteiger partial charge < -0.3 is 20.4 Å². The molecule has 1 aliphatic heterocycles. The number of halogens is 1. The molecular weight excluding hydrogens is 643 g/mol. The Kier molecular flexibility index (Phi) is 6.97. The minimum Gasteiger partial charge on any atom is -0.478 e. The van der Waals surface area contributed by atoms with E-state index in [2.05, 4.69) is 3.21 Å². The van der Waals surface area contributed by atoms with Crippen molar-refractivity contribution in [3.05, 3.63) is 63.8 Å². The van der Waals surface area contributed by atoms with Crippen LogP contribution >= 0.6 is 22.9 Å². The number of carbonyl (C=O) groups is 1. The predicted octanol–water partition coefficient (Wildman–Crippen LogP) is 2.76. The van der Waals surface area contributed by atoms with Crippen LogP contribution < -0.4 is 11.1 Å². The van der Waals surface area contributed by atoms with Crippen LogP contribution in [-0.2, 0) is 26.7 Å². The van der Waals surface area contributed by atoms with Gasteiger partial charge in [-0.2, -0.15) is 16.8 Å². The molecule has 0 saturated heterocycles. The molecule has 1 unspecified atom stereocenters. The Morgan fingerprint density at radius 2 is 1.73 bits per heavy atom. The van der Waals surface area contributed by atoms with Crippen molar-refractivity contribution >= 4 is 54.0 Å². The Morgan fingerprint density at radius 3 is 2.27 bits per heavy atom. The molecule has 0 fully saturated rings. The summed E-state index contributed by atoms with van der Waals surface area (Å²) in [6.07, 6.45) is -1.04. The number of rotatable bonds is 5. The van der Waals surface area contributed by atoms with Gasteiger partial charge in [-0.05, 0) is 55.2 Å². The molecule has 2 aliphatic carbocycles. The van der Waals surface area contributed by atoms with Gasteiger partial charge in [0, 0.05) is 22.4 Å². The SMILES string of the molecule is CC(O)c1ccc(C(=O)O)c(-c2c3cc/c(=N\I)c(S(=O)(=O)O)c-3oc3c2CCC(N)=C3S(=O)(=O)O)c1. The summed E-state index contributed by atoms with van der Waals surface area (Å²) >= 11 is 1.50. The van der Waals surface area contributed by atoms with Crippen LogP contribution in [0, 0.1) is 0 Å². The lowest BCUT2D eigenvalue weighted by Crippen LogP contribution is -2.21. The number of nitrogens with two attached hydrogens (primary N) is 1. The highest BCUT2D eigenvalue weighted by atomic mass is 127. The van der Waals surface area contributed by atoms with Gasteiger partial charge in [-0.25, -0.2) is 8.00 Å².